The van der Waals surface area contributed by atoms with Gasteiger partial charge in [-0.2, -0.15) is 0 Å². The quantitative estimate of drug-likeness (QED) is 0.660. The molecule has 0 fully saturated rings. The first-order valence-corrected chi connectivity index (χ1v) is 3.52. The Morgan fingerprint density at radius 1 is 1.36 bits per heavy atom. The molecule has 0 saturated carbocycles. The molecule has 1 aromatic rings. The molecule has 0 spiro atoms. The Balaban J connectivity index is 2.92. The number of hydrogen-bond donors (Lipinski definition) is 1. The van der Waals surface area contributed by atoms with Crippen molar-refractivity contribution in [1.29, 1.82) is 0 Å². The maximum atomic E-state index is 12.1. The smallest absolute Gasteiger partial charge is 0.103 e. The first kappa shape index (κ1) is 7.95. The molecule has 0 radical (unpaired) electrons. The van der Waals surface area contributed by atoms with Crippen LogP contribution >= 0.6 is 0 Å². The minimum Gasteiger partial charge on any atom is -0.354 e. The third kappa shape index (κ3) is 1.88. The standard InChI is InChI=1S/C9H10FN/c10-6-9(7-11)8-4-2-1-3-5-8/h1-6H,7,11H2/p+1. The summed E-state index contributed by atoms with van der Waals surface area (Å²) in [7, 11) is 0. The topological polar surface area (TPSA) is 27.6 Å². The molecule has 0 aromatic heterocycles. The van der Waals surface area contributed by atoms with Gasteiger partial charge in [-0.15, -0.1) is 0 Å². The molecule has 1 nitrogen and oxygen atoms in total. The minimum absolute atomic E-state index is 0.487. The van der Waals surface area contributed by atoms with Gasteiger partial charge < -0.3 is 5.73 Å². The molecule has 1 rings (SSSR count). The first-order chi connectivity index (χ1) is 5.38. The van der Waals surface area contributed by atoms with E-state index in [4.69, 9.17) is 0 Å². The Hall–Kier alpha value is -1.15. The zero-order valence-electron chi connectivity index (χ0n) is 6.26. The summed E-state index contributed by atoms with van der Waals surface area (Å²) in [5.74, 6) is 0. The minimum atomic E-state index is 0.487. The lowest BCUT2D eigenvalue weighted by Gasteiger charge is -1.98. The summed E-state index contributed by atoms with van der Waals surface area (Å²) in [5.41, 5.74) is 5.18. The van der Waals surface area contributed by atoms with Crippen LogP contribution in [0.3, 0.4) is 0 Å². The van der Waals surface area contributed by atoms with Gasteiger partial charge in [0.1, 0.15) is 6.54 Å². The molecule has 0 heterocycles. The molecule has 0 amide bonds. The van der Waals surface area contributed by atoms with E-state index in [2.05, 4.69) is 5.73 Å². The van der Waals surface area contributed by atoms with Crippen LogP contribution in [0.2, 0.25) is 0 Å². The lowest BCUT2D eigenvalue weighted by molar-refractivity contribution is -0.349. The van der Waals surface area contributed by atoms with Crippen LogP contribution < -0.4 is 5.73 Å². The van der Waals surface area contributed by atoms with Crippen molar-refractivity contribution in [3.63, 3.8) is 0 Å². The average Bonchev–Trinajstić information content (AvgIpc) is 2.09. The van der Waals surface area contributed by atoms with Crippen LogP contribution in [-0.2, 0) is 0 Å². The van der Waals surface area contributed by atoms with Gasteiger partial charge in [-0.3, -0.25) is 0 Å². The fourth-order valence-corrected chi connectivity index (χ4v) is 0.914. The van der Waals surface area contributed by atoms with Crippen molar-refractivity contribution >= 4 is 5.57 Å². The third-order valence-electron chi connectivity index (χ3n) is 1.55. The van der Waals surface area contributed by atoms with Gasteiger partial charge in [-0.1, -0.05) is 30.3 Å². The highest BCUT2D eigenvalue weighted by Crippen LogP contribution is 2.11. The molecule has 0 bridgehead atoms. The van der Waals surface area contributed by atoms with Crippen LogP contribution in [0, 0.1) is 0 Å². The van der Waals surface area contributed by atoms with Crippen LogP contribution in [0.25, 0.3) is 5.57 Å². The molecule has 58 valence electrons. The molecule has 0 aliphatic heterocycles. The maximum Gasteiger partial charge on any atom is 0.103 e. The van der Waals surface area contributed by atoms with Gasteiger partial charge in [0.2, 0.25) is 0 Å². The highest BCUT2D eigenvalue weighted by molar-refractivity contribution is 5.64. The summed E-state index contributed by atoms with van der Waals surface area (Å²) < 4.78 is 12.1. The van der Waals surface area contributed by atoms with Crippen molar-refractivity contribution in [2.75, 3.05) is 6.54 Å². The SMILES string of the molecule is [NH3+]CC(=CF)c1ccccc1. The Morgan fingerprint density at radius 3 is 2.45 bits per heavy atom. The normalized spacial score (nSPS) is 11.6. The molecule has 0 saturated heterocycles. The lowest BCUT2D eigenvalue weighted by atomic mass is 10.1. The summed E-state index contributed by atoms with van der Waals surface area (Å²) in [6.45, 7) is 0.487. The van der Waals surface area contributed by atoms with Crippen LogP contribution in [0.5, 0.6) is 0 Å². The van der Waals surface area contributed by atoms with Gasteiger partial charge >= 0.3 is 0 Å². The predicted octanol–water partition coefficient (Wildman–Crippen LogP) is 1.24. The third-order valence-corrected chi connectivity index (χ3v) is 1.55. The molecule has 3 N–H and O–H groups in total. The van der Waals surface area contributed by atoms with Crippen LogP contribution in [0.15, 0.2) is 36.7 Å². The van der Waals surface area contributed by atoms with Crippen molar-refractivity contribution in [3.05, 3.63) is 42.2 Å². The van der Waals surface area contributed by atoms with Crippen molar-refractivity contribution < 1.29 is 10.1 Å². The van der Waals surface area contributed by atoms with E-state index in [9.17, 15) is 4.39 Å². The van der Waals surface area contributed by atoms with Gasteiger partial charge in [0.25, 0.3) is 0 Å². The van der Waals surface area contributed by atoms with E-state index < -0.39 is 0 Å². The Bertz CT molecular complexity index is 241. The maximum absolute atomic E-state index is 12.1. The second-order valence-electron chi connectivity index (χ2n) is 2.25. The summed E-state index contributed by atoms with van der Waals surface area (Å²) in [6, 6.07) is 9.42. The fourth-order valence-electron chi connectivity index (χ4n) is 0.914. The van der Waals surface area contributed by atoms with E-state index in [0.29, 0.717) is 18.4 Å². The Morgan fingerprint density at radius 2 is 2.00 bits per heavy atom. The highest BCUT2D eigenvalue weighted by Gasteiger charge is 1.98. The summed E-state index contributed by atoms with van der Waals surface area (Å²) >= 11 is 0. The van der Waals surface area contributed by atoms with E-state index in [-0.39, 0.29) is 0 Å². The van der Waals surface area contributed by atoms with Crippen LogP contribution in [-0.4, -0.2) is 6.54 Å². The average molecular weight is 152 g/mol. The molecule has 0 aliphatic rings. The summed E-state index contributed by atoms with van der Waals surface area (Å²) in [5, 5.41) is 0. The van der Waals surface area contributed by atoms with Crippen molar-refractivity contribution in [1.82, 2.24) is 0 Å². The molecule has 1 aromatic carbocycles. The first-order valence-electron chi connectivity index (χ1n) is 3.52. The van der Waals surface area contributed by atoms with Crippen molar-refractivity contribution in [2.24, 2.45) is 0 Å². The molecule has 0 aliphatic carbocycles. The van der Waals surface area contributed by atoms with E-state index in [1.807, 2.05) is 30.3 Å². The van der Waals surface area contributed by atoms with Crippen LogP contribution in [0.1, 0.15) is 5.56 Å². The van der Waals surface area contributed by atoms with E-state index in [1.165, 1.54) is 0 Å². The number of rotatable bonds is 2. The van der Waals surface area contributed by atoms with Crippen molar-refractivity contribution in [2.45, 2.75) is 0 Å². The van der Waals surface area contributed by atoms with Crippen LogP contribution in [0.4, 0.5) is 4.39 Å². The van der Waals surface area contributed by atoms with Gasteiger partial charge in [-0.25, -0.2) is 4.39 Å². The Labute approximate surface area is 65.3 Å². The number of quaternary nitrogens is 1. The summed E-state index contributed by atoms with van der Waals surface area (Å²) in [6.07, 6.45) is 0.613. The molecule has 2 heteroatoms. The van der Waals surface area contributed by atoms with Gasteiger partial charge in [0.15, 0.2) is 0 Å². The summed E-state index contributed by atoms with van der Waals surface area (Å²) in [4.78, 5) is 0. The molecule has 0 atom stereocenters. The predicted molar refractivity (Wildman–Crippen MR) is 43.3 cm³/mol. The van der Waals surface area contributed by atoms with E-state index in [1.54, 1.807) is 0 Å². The second kappa shape index (κ2) is 3.88. The monoisotopic (exact) mass is 152 g/mol. The van der Waals surface area contributed by atoms with E-state index in [0.717, 1.165) is 5.56 Å². The second-order valence-corrected chi connectivity index (χ2v) is 2.25. The zero-order valence-corrected chi connectivity index (χ0v) is 6.26. The van der Waals surface area contributed by atoms with Gasteiger partial charge in [0.05, 0.1) is 6.33 Å². The van der Waals surface area contributed by atoms with Gasteiger partial charge in [0, 0.05) is 5.57 Å². The highest BCUT2D eigenvalue weighted by atomic mass is 19.1. The fraction of sp³-hybridized carbons (Fsp3) is 0.111. The lowest BCUT2D eigenvalue weighted by Crippen LogP contribution is -2.50. The van der Waals surface area contributed by atoms with Gasteiger partial charge in [-0.05, 0) is 5.56 Å². The molecular weight excluding hydrogens is 141 g/mol. The number of hydrogen-bond acceptors (Lipinski definition) is 0. The number of halogens is 1. The Kier molecular flexibility index (Phi) is 2.81. The number of benzene rings is 1. The molecule has 11 heavy (non-hydrogen) atoms. The molecule has 0 unspecified atom stereocenters. The zero-order chi connectivity index (χ0) is 8.10. The van der Waals surface area contributed by atoms with E-state index >= 15 is 0 Å². The van der Waals surface area contributed by atoms with Crippen molar-refractivity contribution in [3.8, 4) is 0 Å². The molecular formula is C9H11FN+. The largest absolute Gasteiger partial charge is 0.354 e.